The summed E-state index contributed by atoms with van der Waals surface area (Å²) in [5.41, 5.74) is 0.584. The van der Waals surface area contributed by atoms with Gasteiger partial charge in [-0.1, -0.05) is 43.9 Å². The van der Waals surface area contributed by atoms with Gasteiger partial charge in [0.2, 0.25) is 5.91 Å². The zero-order valence-electron chi connectivity index (χ0n) is 25.1. The molecule has 7 atom stereocenters. The number of benzene rings is 1. The second-order valence-corrected chi connectivity index (χ2v) is 14.6. The number of para-hydroxylation sites is 1. The van der Waals surface area contributed by atoms with Crippen LogP contribution < -0.4 is 4.90 Å². The fourth-order valence-corrected chi connectivity index (χ4v) is 9.15. The highest BCUT2D eigenvalue weighted by Crippen LogP contribution is 2.46. The van der Waals surface area contributed by atoms with Crippen molar-refractivity contribution in [2.24, 2.45) is 11.8 Å². The highest BCUT2D eigenvalue weighted by atomic mass is 16.6. The maximum atomic E-state index is 13.9. The second-order valence-electron chi connectivity index (χ2n) is 14.6. The van der Waals surface area contributed by atoms with Crippen LogP contribution in [-0.4, -0.2) is 70.6 Å². The Hall–Kier alpha value is -2.08. The maximum Gasteiger partial charge on any atom is 0.329 e. The van der Waals surface area contributed by atoms with Crippen molar-refractivity contribution in [3.63, 3.8) is 0 Å². The van der Waals surface area contributed by atoms with Crippen molar-refractivity contribution in [3.8, 4) is 0 Å². The molecule has 6 rings (SSSR count). The van der Waals surface area contributed by atoms with Gasteiger partial charge in [0.05, 0.1) is 6.54 Å². The smallest absolute Gasteiger partial charge is 0.329 e. The number of carbonyl (C=O) groups is 2. The van der Waals surface area contributed by atoms with Crippen LogP contribution in [0.3, 0.4) is 0 Å². The highest BCUT2D eigenvalue weighted by Gasteiger charge is 2.46. The Bertz CT molecular complexity index is 1010. The van der Waals surface area contributed by atoms with Gasteiger partial charge in [-0.05, 0) is 103 Å². The summed E-state index contributed by atoms with van der Waals surface area (Å²) in [5, 5.41) is 0. The number of fused-ring (bicyclic) bond motifs is 4. The number of amides is 1. The SMILES string of the molecule is CC(C)(C)OC(=O)[C@@H]1CCCN1C(=O)CN(c1ccccc1)[C@H]1C[C@H]2CCC[C@@H](C1)N2[C@H]1C[C@@H]2CCC[C@@H](C2)C1. The largest absolute Gasteiger partial charge is 0.458 e. The Morgan fingerprint density at radius 1 is 0.825 bits per heavy atom. The second kappa shape index (κ2) is 11.7. The summed E-state index contributed by atoms with van der Waals surface area (Å²) in [4.78, 5) is 34.1. The van der Waals surface area contributed by atoms with E-state index in [4.69, 9.17) is 4.74 Å². The molecule has 6 nitrogen and oxygen atoms in total. The molecule has 4 bridgehead atoms. The molecule has 0 radical (unpaired) electrons. The lowest BCUT2D eigenvalue weighted by molar-refractivity contribution is -0.163. The number of likely N-dealkylation sites (tertiary alicyclic amines) is 1. The number of piperidine rings is 2. The molecule has 5 fully saturated rings. The fourth-order valence-electron chi connectivity index (χ4n) is 9.15. The van der Waals surface area contributed by atoms with E-state index < -0.39 is 11.6 Å². The van der Waals surface area contributed by atoms with Gasteiger partial charge < -0.3 is 14.5 Å². The molecule has 5 aliphatic rings. The molecule has 3 heterocycles. The van der Waals surface area contributed by atoms with Gasteiger partial charge in [0.25, 0.3) is 0 Å². The normalized spacial score (nSPS) is 34.4. The summed E-state index contributed by atoms with van der Waals surface area (Å²) < 4.78 is 5.70. The number of hydrogen-bond donors (Lipinski definition) is 0. The lowest BCUT2D eigenvalue weighted by Crippen LogP contribution is -2.62. The van der Waals surface area contributed by atoms with E-state index in [1.54, 1.807) is 4.90 Å². The van der Waals surface area contributed by atoms with Crippen molar-refractivity contribution in [2.45, 2.75) is 140 Å². The van der Waals surface area contributed by atoms with E-state index in [0.29, 0.717) is 37.6 Å². The van der Waals surface area contributed by atoms with E-state index in [9.17, 15) is 9.59 Å². The molecule has 2 saturated carbocycles. The van der Waals surface area contributed by atoms with Crippen molar-refractivity contribution >= 4 is 17.6 Å². The molecule has 1 aromatic carbocycles. The van der Waals surface area contributed by atoms with Gasteiger partial charge in [0.15, 0.2) is 0 Å². The third-order valence-electron chi connectivity index (χ3n) is 10.6. The number of ether oxygens (including phenoxy) is 1. The van der Waals surface area contributed by atoms with Crippen LogP contribution in [0.25, 0.3) is 0 Å². The fraction of sp³-hybridized carbons (Fsp3) is 0.765. The molecular formula is C34H51N3O3. The topological polar surface area (TPSA) is 53.1 Å². The lowest BCUT2D eigenvalue weighted by atomic mass is 9.68. The number of rotatable bonds is 6. The minimum Gasteiger partial charge on any atom is -0.458 e. The van der Waals surface area contributed by atoms with Crippen molar-refractivity contribution in [1.29, 1.82) is 0 Å². The van der Waals surface area contributed by atoms with Gasteiger partial charge in [-0.25, -0.2) is 4.79 Å². The van der Waals surface area contributed by atoms with Gasteiger partial charge >= 0.3 is 5.97 Å². The quantitative estimate of drug-likeness (QED) is 0.397. The molecule has 3 saturated heterocycles. The average molecular weight is 550 g/mol. The zero-order chi connectivity index (χ0) is 27.9. The van der Waals surface area contributed by atoms with Crippen LogP contribution >= 0.6 is 0 Å². The van der Waals surface area contributed by atoms with E-state index in [2.05, 4.69) is 40.1 Å². The van der Waals surface area contributed by atoms with Gasteiger partial charge in [-0.2, -0.15) is 0 Å². The monoisotopic (exact) mass is 549 g/mol. The summed E-state index contributed by atoms with van der Waals surface area (Å²) >= 11 is 0. The van der Waals surface area contributed by atoms with Gasteiger partial charge in [0, 0.05) is 36.4 Å². The Morgan fingerprint density at radius 3 is 2.12 bits per heavy atom. The molecule has 2 aliphatic carbocycles. The number of hydrogen-bond acceptors (Lipinski definition) is 5. The molecule has 0 unspecified atom stereocenters. The van der Waals surface area contributed by atoms with Crippen molar-refractivity contribution in [2.75, 3.05) is 18.0 Å². The maximum absolute atomic E-state index is 13.9. The number of carbonyl (C=O) groups excluding carboxylic acids is 2. The summed E-state index contributed by atoms with van der Waals surface area (Å²) in [6, 6.07) is 12.5. The number of anilines is 1. The highest BCUT2D eigenvalue weighted by molar-refractivity contribution is 5.88. The number of esters is 1. The summed E-state index contributed by atoms with van der Waals surface area (Å²) in [6.07, 6.45) is 16.4. The predicted octanol–water partition coefficient (Wildman–Crippen LogP) is 6.18. The minimum atomic E-state index is -0.548. The van der Waals surface area contributed by atoms with E-state index in [0.717, 1.165) is 42.8 Å². The van der Waals surface area contributed by atoms with E-state index in [1.807, 2.05) is 20.8 Å². The van der Waals surface area contributed by atoms with Crippen LogP contribution in [0.15, 0.2) is 30.3 Å². The van der Waals surface area contributed by atoms with Crippen LogP contribution in [0.1, 0.15) is 104 Å². The Labute approximate surface area is 241 Å². The zero-order valence-corrected chi connectivity index (χ0v) is 25.1. The summed E-state index contributed by atoms with van der Waals surface area (Å²) in [5.74, 6) is 1.70. The standard InChI is InChI=1S/C34H51N3O3/c1-34(2,3)40-33(39)31-16-9-17-35(31)32(38)23-36(26-12-5-4-6-13-26)29-21-27-14-8-15-28(22-29)37(27)30-19-24-10-7-11-25(18-24)20-30/h4-6,12-13,24-25,27-31H,7-11,14-23H2,1-3H3/t24-,25+,27-,28+,29+,30+,31-/m0/s1. The van der Waals surface area contributed by atoms with Crippen LogP contribution in [0.4, 0.5) is 5.69 Å². The van der Waals surface area contributed by atoms with Crippen molar-refractivity contribution in [3.05, 3.63) is 30.3 Å². The first-order chi connectivity index (χ1) is 19.2. The third kappa shape index (κ3) is 6.07. The van der Waals surface area contributed by atoms with Crippen LogP contribution in [0.2, 0.25) is 0 Å². The molecule has 0 N–H and O–H groups in total. The first-order valence-electron chi connectivity index (χ1n) is 16.4. The van der Waals surface area contributed by atoms with Gasteiger partial charge in [-0.3, -0.25) is 9.69 Å². The molecule has 0 aromatic heterocycles. The first kappa shape index (κ1) is 28.1. The summed E-state index contributed by atoms with van der Waals surface area (Å²) in [6.45, 7) is 6.66. The Kier molecular flexibility index (Phi) is 8.18. The van der Waals surface area contributed by atoms with Gasteiger partial charge in [0.1, 0.15) is 11.6 Å². The molecule has 1 aromatic rings. The summed E-state index contributed by atoms with van der Waals surface area (Å²) in [7, 11) is 0. The van der Waals surface area contributed by atoms with Crippen LogP contribution in [0.5, 0.6) is 0 Å². The molecule has 6 heteroatoms. The molecule has 220 valence electrons. The lowest BCUT2D eigenvalue weighted by Gasteiger charge is -2.56. The predicted molar refractivity (Wildman–Crippen MR) is 159 cm³/mol. The Morgan fingerprint density at radius 2 is 1.48 bits per heavy atom. The van der Waals surface area contributed by atoms with Gasteiger partial charge in [-0.15, -0.1) is 0 Å². The third-order valence-corrected chi connectivity index (χ3v) is 10.6. The average Bonchev–Trinajstić information content (AvgIpc) is 3.41. The molecular weight excluding hydrogens is 498 g/mol. The van der Waals surface area contributed by atoms with E-state index in [1.165, 1.54) is 57.8 Å². The number of nitrogens with zero attached hydrogens (tertiary/aromatic N) is 3. The molecule has 40 heavy (non-hydrogen) atoms. The van der Waals surface area contributed by atoms with E-state index in [-0.39, 0.29) is 11.9 Å². The molecule has 3 aliphatic heterocycles. The minimum absolute atomic E-state index is 0.0601. The van der Waals surface area contributed by atoms with Crippen molar-refractivity contribution in [1.82, 2.24) is 9.80 Å². The molecule has 1 amide bonds. The van der Waals surface area contributed by atoms with E-state index >= 15 is 0 Å². The van der Waals surface area contributed by atoms with Crippen LogP contribution in [0, 0.1) is 11.8 Å². The first-order valence-corrected chi connectivity index (χ1v) is 16.4. The van der Waals surface area contributed by atoms with Crippen LogP contribution in [-0.2, 0) is 14.3 Å². The molecule has 0 spiro atoms. The Balaban J connectivity index is 1.19. The van der Waals surface area contributed by atoms with Crippen molar-refractivity contribution < 1.29 is 14.3 Å².